The lowest BCUT2D eigenvalue weighted by Gasteiger charge is -2.10. The van der Waals surface area contributed by atoms with Gasteiger partial charge in [-0.05, 0) is 5.92 Å². The molecule has 0 radical (unpaired) electrons. The van der Waals surface area contributed by atoms with Gasteiger partial charge in [0, 0.05) is 6.07 Å². The van der Waals surface area contributed by atoms with Crippen LogP contribution in [-0.2, 0) is 0 Å². The minimum atomic E-state index is -0.370. The molecule has 0 amide bonds. The highest BCUT2D eigenvalue weighted by atomic mass is 16.5. The van der Waals surface area contributed by atoms with E-state index >= 15 is 0 Å². The molecule has 15 heavy (non-hydrogen) atoms. The van der Waals surface area contributed by atoms with Gasteiger partial charge in [-0.25, -0.2) is 0 Å². The van der Waals surface area contributed by atoms with Crippen molar-refractivity contribution in [3.05, 3.63) is 22.0 Å². The number of nitriles is 1. The first-order chi connectivity index (χ1) is 7.04. The van der Waals surface area contributed by atoms with Crippen LogP contribution in [0.3, 0.4) is 0 Å². The van der Waals surface area contributed by atoms with Gasteiger partial charge in [0.2, 0.25) is 5.88 Å². The van der Waals surface area contributed by atoms with Crippen LogP contribution in [0.1, 0.15) is 19.4 Å². The Morgan fingerprint density at radius 2 is 2.33 bits per heavy atom. The van der Waals surface area contributed by atoms with Crippen molar-refractivity contribution in [3.63, 3.8) is 0 Å². The minimum absolute atomic E-state index is 0.139. The van der Waals surface area contributed by atoms with E-state index in [1.165, 1.54) is 6.07 Å². The van der Waals surface area contributed by atoms with Crippen LogP contribution in [0.25, 0.3) is 0 Å². The predicted octanol–water partition coefficient (Wildman–Crippen LogP) is 0.864. The fourth-order valence-corrected chi connectivity index (χ4v) is 1.03. The number of nitrogens with zero attached hydrogens (tertiary/aromatic N) is 1. The van der Waals surface area contributed by atoms with Gasteiger partial charge in [0.1, 0.15) is 11.6 Å². The van der Waals surface area contributed by atoms with Crippen molar-refractivity contribution in [2.45, 2.75) is 13.8 Å². The number of aromatic amines is 1. The molecular weight excluding hydrogens is 194 g/mol. The van der Waals surface area contributed by atoms with Crippen molar-refractivity contribution in [3.8, 4) is 11.9 Å². The monoisotopic (exact) mass is 207 g/mol. The van der Waals surface area contributed by atoms with Gasteiger partial charge in [0.05, 0.1) is 12.3 Å². The molecule has 3 N–H and O–H groups in total. The van der Waals surface area contributed by atoms with Crippen molar-refractivity contribution in [2.24, 2.45) is 5.92 Å². The SMILES string of the molecule is CC(C)COc1[nH]c(=O)cc(N)c1C#N. The molecule has 0 aliphatic carbocycles. The number of nitrogens with one attached hydrogen (secondary N) is 1. The summed E-state index contributed by atoms with van der Waals surface area (Å²) in [5.41, 5.74) is 5.46. The molecule has 0 aliphatic heterocycles. The number of aromatic nitrogens is 1. The number of hydrogen-bond acceptors (Lipinski definition) is 4. The molecule has 0 spiro atoms. The van der Waals surface area contributed by atoms with Crippen molar-refractivity contribution in [1.82, 2.24) is 4.98 Å². The third-order valence-electron chi connectivity index (χ3n) is 1.71. The highest BCUT2D eigenvalue weighted by Crippen LogP contribution is 2.18. The Morgan fingerprint density at radius 1 is 1.67 bits per heavy atom. The summed E-state index contributed by atoms with van der Waals surface area (Å²) in [5.74, 6) is 0.456. The summed E-state index contributed by atoms with van der Waals surface area (Å²) in [6, 6.07) is 3.06. The van der Waals surface area contributed by atoms with E-state index in [9.17, 15) is 4.79 Å². The molecule has 5 nitrogen and oxygen atoms in total. The van der Waals surface area contributed by atoms with Crippen molar-refractivity contribution in [2.75, 3.05) is 12.3 Å². The van der Waals surface area contributed by atoms with Gasteiger partial charge in [0.15, 0.2) is 0 Å². The lowest BCUT2D eigenvalue weighted by Crippen LogP contribution is -2.14. The molecule has 1 heterocycles. The van der Waals surface area contributed by atoms with E-state index in [1.807, 2.05) is 19.9 Å². The number of nitrogens with two attached hydrogens (primary N) is 1. The summed E-state index contributed by atoms with van der Waals surface area (Å²) in [6.07, 6.45) is 0. The normalized spacial score (nSPS) is 10.0. The summed E-state index contributed by atoms with van der Waals surface area (Å²) in [6.45, 7) is 4.36. The number of hydrogen-bond donors (Lipinski definition) is 2. The molecule has 1 rings (SSSR count). The minimum Gasteiger partial charge on any atom is -0.478 e. The Balaban J connectivity index is 3.06. The topological polar surface area (TPSA) is 91.9 Å². The lowest BCUT2D eigenvalue weighted by atomic mass is 10.2. The molecule has 0 saturated carbocycles. The van der Waals surface area contributed by atoms with Gasteiger partial charge >= 0.3 is 0 Å². The molecular formula is C10H13N3O2. The average Bonchev–Trinajstić information content (AvgIpc) is 2.13. The Kier molecular flexibility index (Phi) is 3.34. The Morgan fingerprint density at radius 3 is 2.87 bits per heavy atom. The molecule has 0 bridgehead atoms. The fourth-order valence-electron chi connectivity index (χ4n) is 1.03. The number of anilines is 1. The van der Waals surface area contributed by atoms with E-state index in [1.54, 1.807) is 0 Å². The van der Waals surface area contributed by atoms with Crippen LogP contribution in [0.15, 0.2) is 10.9 Å². The van der Waals surface area contributed by atoms with Gasteiger partial charge in [-0.2, -0.15) is 5.26 Å². The van der Waals surface area contributed by atoms with Crippen LogP contribution in [0, 0.1) is 17.2 Å². The maximum Gasteiger partial charge on any atom is 0.252 e. The molecule has 1 aromatic heterocycles. The van der Waals surface area contributed by atoms with Crippen LogP contribution in [0.5, 0.6) is 5.88 Å². The van der Waals surface area contributed by atoms with Crippen LogP contribution >= 0.6 is 0 Å². The van der Waals surface area contributed by atoms with Crippen molar-refractivity contribution >= 4 is 5.69 Å². The van der Waals surface area contributed by atoms with E-state index in [-0.39, 0.29) is 22.7 Å². The highest BCUT2D eigenvalue weighted by molar-refractivity contribution is 5.57. The summed E-state index contributed by atoms with van der Waals surface area (Å²) in [7, 11) is 0. The second-order valence-electron chi connectivity index (χ2n) is 3.61. The van der Waals surface area contributed by atoms with Crippen LogP contribution < -0.4 is 16.0 Å². The van der Waals surface area contributed by atoms with Gasteiger partial charge in [0.25, 0.3) is 5.56 Å². The van der Waals surface area contributed by atoms with Crippen LogP contribution in [-0.4, -0.2) is 11.6 Å². The molecule has 1 aromatic rings. The Bertz CT molecular complexity index is 443. The molecule has 0 unspecified atom stereocenters. The lowest BCUT2D eigenvalue weighted by molar-refractivity contribution is 0.260. The predicted molar refractivity (Wildman–Crippen MR) is 56.5 cm³/mol. The third kappa shape index (κ3) is 2.74. The Hall–Kier alpha value is -1.96. The van der Waals surface area contributed by atoms with E-state index in [0.717, 1.165) is 0 Å². The zero-order valence-electron chi connectivity index (χ0n) is 8.70. The van der Waals surface area contributed by atoms with E-state index in [4.69, 9.17) is 15.7 Å². The number of pyridine rings is 1. The zero-order chi connectivity index (χ0) is 11.4. The first kappa shape index (κ1) is 11.1. The van der Waals surface area contributed by atoms with Gasteiger partial charge < -0.3 is 10.5 Å². The molecule has 0 aromatic carbocycles. The maximum atomic E-state index is 11.1. The second kappa shape index (κ2) is 4.51. The second-order valence-corrected chi connectivity index (χ2v) is 3.61. The molecule has 5 heteroatoms. The van der Waals surface area contributed by atoms with Crippen molar-refractivity contribution < 1.29 is 4.74 Å². The van der Waals surface area contributed by atoms with Crippen LogP contribution in [0.2, 0.25) is 0 Å². The van der Waals surface area contributed by atoms with Crippen LogP contribution in [0.4, 0.5) is 5.69 Å². The first-order valence-corrected chi connectivity index (χ1v) is 4.60. The summed E-state index contributed by atoms with van der Waals surface area (Å²) in [5, 5.41) is 8.82. The molecule has 0 fully saturated rings. The van der Waals surface area contributed by atoms with E-state index < -0.39 is 0 Å². The smallest absolute Gasteiger partial charge is 0.252 e. The van der Waals surface area contributed by atoms with E-state index in [0.29, 0.717) is 12.5 Å². The molecule has 80 valence electrons. The van der Waals surface area contributed by atoms with Gasteiger partial charge in [-0.15, -0.1) is 0 Å². The van der Waals surface area contributed by atoms with E-state index in [2.05, 4.69) is 4.98 Å². The quantitative estimate of drug-likeness (QED) is 0.769. The largest absolute Gasteiger partial charge is 0.478 e. The van der Waals surface area contributed by atoms with Gasteiger partial charge in [-0.3, -0.25) is 9.78 Å². The maximum absolute atomic E-state index is 11.1. The zero-order valence-corrected chi connectivity index (χ0v) is 8.70. The summed E-state index contributed by atoms with van der Waals surface area (Å²) >= 11 is 0. The number of nitrogen functional groups attached to an aromatic ring is 1. The Labute approximate surface area is 87.5 Å². The summed E-state index contributed by atoms with van der Waals surface area (Å²) in [4.78, 5) is 13.5. The number of rotatable bonds is 3. The van der Waals surface area contributed by atoms with Crippen molar-refractivity contribution in [1.29, 1.82) is 5.26 Å². The fraction of sp³-hybridized carbons (Fsp3) is 0.400. The number of ether oxygens (including phenoxy) is 1. The third-order valence-corrected chi connectivity index (χ3v) is 1.71. The standard InChI is InChI=1S/C10H13N3O2/c1-6(2)5-15-10-7(4-11)8(12)3-9(14)13-10/h3,6H,5H2,1-2H3,(H3,12,13,14). The molecule has 0 aliphatic rings. The first-order valence-electron chi connectivity index (χ1n) is 4.60. The average molecular weight is 207 g/mol. The molecule has 0 atom stereocenters. The van der Waals surface area contributed by atoms with Gasteiger partial charge in [-0.1, -0.05) is 13.8 Å². The number of H-pyrrole nitrogens is 1. The highest BCUT2D eigenvalue weighted by Gasteiger charge is 2.09. The summed E-state index contributed by atoms with van der Waals surface area (Å²) < 4.78 is 5.29. The molecule has 0 saturated heterocycles.